The minimum Gasteiger partial charge on any atom is -0.494 e. The first kappa shape index (κ1) is 19.2. The summed E-state index contributed by atoms with van der Waals surface area (Å²) in [6.45, 7) is 0. The highest BCUT2D eigenvalue weighted by atomic mass is 19.1. The molecule has 0 unspecified atom stereocenters. The Labute approximate surface area is 165 Å². The van der Waals surface area contributed by atoms with Crippen LogP contribution >= 0.6 is 0 Å². The van der Waals surface area contributed by atoms with Crippen LogP contribution in [-0.2, 0) is 4.79 Å². The zero-order valence-corrected chi connectivity index (χ0v) is 15.9. The number of H-pyrrole nitrogens is 1. The number of rotatable bonds is 4. The molecule has 1 aromatic heterocycles. The molecule has 8 heteroatoms. The van der Waals surface area contributed by atoms with Gasteiger partial charge < -0.3 is 15.0 Å². The van der Waals surface area contributed by atoms with E-state index in [0.717, 1.165) is 0 Å². The molecule has 6 nitrogen and oxygen atoms in total. The molecule has 2 aromatic carbocycles. The number of nitrogens with one attached hydrogen (secondary N) is 2. The van der Waals surface area contributed by atoms with Crippen molar-refractivity contribution in [1.82, 2.24) is 9.55 Å². The number of aromatic amines is 1. The van der Waals surface area contributed by atoms with Crippen molar-refractivity contribution in [2.45, 2.75) is 31.7 Å². The highest BCUT2D eigenvalue weighted by Crippen LogP contribution is 2.34. The van der Waals surface area contributed by atoms with Crippen LogP contribution in [0, 0.1) is 17.6 Å². The minimum absolute atomic E-state index is 0.0967. The molecular weight excluding hydrogens is 380 g/mol. The van der Waals surface area contributed by atoms with E-state index in [1.807, 2.05) is 0 Å². The maximum absolute atomic E-state index is 13.9. The van der Waals surface area contributed by atoms with Gasteiger partial charge in [-0.1, -0.05) is 6.07 Å². The Balaban J connectivity index is 1.44. The molecule has 0 aliphatic heterocycles. The van der Waals surface area contributed by atoms with Crippen molar-refractivity contribution in [3.63, 3.8) is 0 Å². The Morgan fingerprint density at radius 3 is 2.59 bits per heavy atom. The van der Waals surface area contributed by atoms with Crippen LogP contribution in [0.5, 0.6) is 5.75 Å². The Morgan fingerprint density at radius 1 is 1.14 bits per heavy atom. The van der Waals surface area contributed by atoms with Crippen LogP contribution in [0.1, 0.15) is 31.7 Å². The van der Waals surface area contributed by atoms with E-state index in [4.69, 9.17) is 4.74 Å². The summed E-state index contributed by atoms with van der Waals surface area (Å²) in [6, 6.07) is 8.78. The summed E-state index contributed by atoms with van der Waals surface area (Å²) in [5.41, 5.74) is 0.779. The molecule has 1 fully saturated rings. The maximum atomic E-state index is 13.9. The lowest BCUT2D eigenvalue weighted by Crippen LogP contribution is -2.31. The van der Waals surface area contributed by atoms with Crippen LogP contribution in [0.4, 0.5) is 14.5 Å². The number of anilines is 1. The molecule has 2 N–H and O–H groups in total. The van der Waals surface area contributed by atoms with Gasteiger partial charge in [0.25, 0.3) is 0 Å². The minimum atomic E-state index is -0.542. The molecule has 0 saturated heterocycles. The summed E-state index contributed by atoms with van der Waals surface area (Å²) in [4.78, 5) is 27.5. The first-order valence-electron chi connectivity index (χ1n) is 9.51. The zero-order valence-electron chi connectivity index (χ0n) is 15.9. The second-order valence-electron chi connectivity index (χ2n) is 7.28. The summed E-state index contributed by atoms with van der Waals surface area (Å²) >= 11 is 0. The van der Waals surface area contributed by atoms with Gasteiger partial charge in [0.05, 0.1) is 12.6 Å². The number of nitrogens with zero attached hydrogens (tertiary/aromatic N) is 1. The molecule has 0 atom stereocenters. The molecular formula is C21H21F2N3O3. The molecule has 29 heavy (non-hydrogen) atoms. The van der Waals surface area contributed by atoms with E-state index in [2.05, 4.69) is 10.3 Å². The van der Waals surface area contributed by atoms with Gasteiger partial charge in [0.1, 0.15) is 11.3 Å². The molecule has 152 valence electrons. The van der Waals surface area contributed by atoms with E-state index in [1.165, 1.54) is 25.3 Å². The van der Waals surface area contributed by atoms with E-state index < -0.39 is 11.6 Å². The number of fused-ring (bicyclic) bond motifs is 1. The molecule has 1 amide bonds. The second kappa shape index (κ2) is 7.69. The van der Waals surface area contributed by atoms with E-state index in [-0.39, 0.29) is 34.8 Å². The van der Waals surface area contributed by atoms with Gasteiger partial charge >= 0.3 is 5.69 Å². The van der Waals surface area contributed by atoms with Crippen LogP contribution in [0.15, 0.2) is 41.2 Å². The van der Waals surface area contributed by atoms with Crippen LogP contribution < -0.4 is 15.7 Å². The number of para-hydroxylation sites is 1. The molecule has 3 aromatic rings. The largest absolute Gasteiger partial charge is 0.494 e. The number of aromatic nitrogens is 2. The first-order valence-corrected chi connectivity index (χ1v) is 9.51. The zero-order chi connectivity index (χ0) is 20.5. The number of halogens is 2. The Bertz CT molecular complexity index is 1110. The van der Waals surface area contributed by atoms with Crippen molar-refractivity contribution >= 4 is 22.6 Å². The van der Waals surface area contributed by atoms with Crippen molar-refractivity contribution in [2.75, 3.05) is 12.4 Å². The average molecular weight is 401 g/mol. The van der Waals surface area contributed by atoms with Gasteiger partial charge in [0.15, 0.2) is 11.6 Å². The lowest BCUT2D eigenvalue weighted by atomic mass is 9.85. The fraction of sp³-hybridized carbons (Fsp3) is 0.333. The van der Waals surface area contributed by atoms with Crippen LogP contribution in [0.2, 0.25) is 0 Å². The highest BCUT2D eigenvalue weighted by molar-refractivity contribution is 5.92. The lowest BCUT2D eigenvalue weighted by Gasteiger charge is -2.28. The van der Waals surface area contributed by atoms with E-state index in [1.54, 1.807) is 22.8 Å². The first-order chi connectivity index (χ1) is 14.0. The molecule has 4 rings (SSSR count). The average Bonchev–Trinajstić information content (AvgIpc) is 3.05. The molecule has 1 heterocycles. The summed E-state index contributed by atoms with van der Waals surface area (Å²) in [5.74, 6) is -1.29. The molecule has 0 spiro atoms. The second-order valence-corrected chi connectivity index (χ2v) is 7.28. The van der Waals surface area contributed by atoms with E-state index in [0.29, 0.717) is 36.9 Å². The number of carbonyl (C=O) groups excluding carboxylic acids is 1. The van der Waals surface area contributed by atoms with Gasteiger partial charge in [-0.15, -0.1) is 0 Å². The summed E-state index contributed by atoms with van der Waals surface area (Å²) in [5, 5.41) is 2.74. The van der Waals surface area contributed by atoms with E-state index >= 15 is 0 Å². The summed E-state index contributed by atoms with van der Waals surface area (Å²) in [7, 11) is 1.38. The highest BCUT2D eigenvalue weighted by Gasteiger charge is 2.29. The fourth-order valence-electron chi connectivity index (χ4n) is 4.06. The van der Waals surface area contributed by atoms with Crippen molar-refractivity contribution in [3.05, 3.63) is 58.5 Å². The molecule has 1 aliphatic carbocycles. The van der Waals surface area contributed by atoms with Gasteiger partial charge in [-0.2, -0.15) is 0 Å². The summed E-state index contributed by atoms with van der Waals surface area (Å²) < 4.78 is 34.2. The van der Waals surface area contributed by atoms with Crippen LogP contribution in [0.3, 0.4) is 0 Å². The molecule has 0 radical (unpaired) electrons. The van der Waals surface area contributed by atoms with Crippen LogP contribution in [-0.4, -0.2) is 22.6 Å². The van der Waals surface area contributed by atoms with Gasteiger partial charge in [-0.05, 0) is 49.9 Å². The predicted octanol–water partition coefficient (Wildman–Crippen LogP) is 3.99. The van der Waals surface area contributed by atoms with Crippen molar-refractivity contribution in [3.8, 4) is 5.75 Å². The van der Waals surface area contributed by atoms with Crippen molar-refractivity contribution < 1.29 is 18.3 Å². The third-order valence-electron chi connectivity index (χ3n) is 5.55. The normalized spacial score (nSPS) is 19.3. The molecule has 1 aliphatic rings. The fourth-order valence-corrected chi connectivity index (χ4v) is 4.06. The number of carbonyl (C=O) groups is 1. The SMILES string of the molecule is COc1ccc(NC(=O)[C@H]2CC[C@@H](n3c(=O)[nH]c4c(F)cccc43)CC2)cc1F. The molecule has 0 bridgehead atoms. The Hall–Kier alpha value is -3.16. The number of benzene rings is 2. The van der Waals surface area contributed by atoms with E-state index in [9.17, 15) is 18.4 Å². The molecule has 1 saturated carbocycles. The van der Waals surface area contributed by atoms with Gasteiger partial charge in [-0.25, -0.2) is 13.6 Å². The summed E-state index contributed by atoms with van der Waals surface area (Å²) in [6.07, 6.45) is 2.42. The topological polar surface area (TPSA) is 76.1 Å². The Kier molecular flexibility index (Phi) is 5.08. The number of methoxy groups -OCH3 is 1. The monoisotopic (exact) mass is 401 g/mol. The number of hydrogen-bond acceptors (Lipinski definition) is 3. The van der Waals surface area contributed by atoms with Crippen molar-refractivity contribution in [1.29, 1.82) is 0 Å². The van der Waals surface area contributed by atoms with Crippen molar-refractivity contribution in [2.24, 2.45) is 5.92 Å². The standard InChI is InChI=1S/C21H21F2N3O3/c1-29-18-10-7-13(11-16(18)23)24-20(27)12-5-8-14(9-6-12)26-17-4-2-3-15(22)19(17)25-21(26)28/h2-4,7,10-12,14H,5-6,8-9H2,1H3,(H,24,27)(H,25,28)/t12-,14+. The Morgan fingerprint density at radius 2 is 1.90 bits per heavy atom. The van der Waals surface area contributed by atoms with Crippen LogP contribution in [0.25, 0.3) is 11.0 Å². The lowest BCUT2D eigenvalue weighted by molar-refractivity contribution is -0.121. The smallest absolute Gasteiger partial charge is 0.326 e. The van der Waals surface area contributed by atoms with Gasteiger partial charge in [-0.3, -0.25) is 9.36 Å². The number of ether oxygens (including phenoxy) is 1. The third kappa shape index (κ3) is 3.62. The van der Waals surface area contributed by atoms with Gasteiger partial charge in [0.2, 0.25) is 5.91 Å². The number of imidazole rings is 1. The third-order valence-corrected chi connectivity index (χ3v) is 5.55. The number of hydrogen-bond donors (Lipinski definition) is 2. The van der Waals surface area contributed by atoms with Gasteiger partial charge in [0, 0.05) is 23.7 Å². The predicted molar refractivity (Wildman–Crippen MR) is 105 cm³/mol. The quantitative estimate of drug-likeness (QED) is 0.694. The maximum Gasteiger partial charge on any atom is 0.326 e. The number of amides is 1.